The summed E-state index contributed by atoms with van der Waals surface area (Å²) >= 11 is 0. The number of nitrogens with zero attached hydrogens (tertiary/aromatic N) is 1. The SMILES string of the molecule is NC1CCC(OCCN=O)C1. The van der Waals surface area contributed by atoms with Crippen LogP contribution >= 0.6 is 0 Å². The van der Waals surface area contributed by atoms with Crippen molar-refractivity contribution in [3.8, 4) is 0 Å². The van der Waals surface area contributed by atoms with Gasteiger partial charge in [-0.3, -0.25) is 0 Å². The van der Waals surface area contributed by atoms with Crippen molar-refractivity contribution in [3.63, 3.8) is 0 Å². The highest BCUT2D eigenvalue weighted by Gasteiger charge is 2.21. The third kappa shape index (κ3) is 2.95. The first-order valence-electron chi connectivity index (χ1n) is 3.99. The zero-order valence-corrected chi connectivity index (χ0v) is 6.53. The third-order valence-electron chi connectivity index (χ3n) is 1.96. The van der Waals surface area contributed by atoms with Crippen molar-refractivity contribution in [1.29, 1.82) is 0 Å². The van der Waals surface area contributed by atoms with Gasteiger partial charge in [0.05, 0.1) is 12.7 Å². The van der Waals surface area contributed by atoms with E-state index in [4.69, 9.17) is 10.5 Å². The molecular weight excluding hydrogens is 144 g/mol. The average molecular weight is 158 g/mol. The molecule has 11 heavy (non-hydrogen) atoms. The van der Waals surface area contributed by atoms with Gasteiger partial charge in [-0.15, -0.1) is 0 Å². The Kier molecular flexibility index (Phi) is 3.45. The van der Waals surface area contributed by atoms with E-state index in [2.05, 4.69) is 5.18 Å². The highest BCUT2D eigenvalue weighted by molar-refractivity contribution is 4.78. The van der Waals surface area contributed by atoms with Crippen molar-refractivity contribution in [1.82, 2.24) is 0 Å². The number of ether oxygens (including phenoxy) is 1. The minimum atomic E-state index is 0.256. The van der Waals surface area contributed by atoms with Crippen LogP contribution in [0.25, 0.3) is 0 Å². The molecule has 2 atom stereocenters. The molecule has 0 saturated heterocycles. The smallest absolute Gasteiger partial charge is 0.104 e. The first-order chi connectivity index (χ1) is 5.33. The molecule has 0 radical (unpaired) electrons. The first-order valence-corrected chi connectivity index (χ1v) is 3.99. The molecule has 4 heteroatoms. The molecule has 4 nitrogen and oxygen atoms in total. The molecule has 0 aromatic heterocycles. The molecule has 0 heterocycles. The van der Waals surface area contributed by atoms with Gasteiger partial charge in [0.25, 0.3) is 0 Å². The molecule has 0 aliphatic heterocycles. The van der Waals surface area contributed by atoms with Crippen LogP contribution in [0.1, 0.15) is 19.3 Å². The zero-order chi connectivity index (χ0) is 8.10. The predicted molar refractivity (Wildman–Crippen MR) is 42.2 cm³/mol. The molecule has 0 aromatic carbocycles. The topological polar surface area (TPSA) is 64.7 Å². The highest BCUT2D eigenvalue weighted by atomic mass is 16.5. The quantitative estimate of drug-likeness (QED) is 0.482. The van der Waals surface area contributed by atoms with Crippen LogP contribution in [0, 0.1) is 4.91 Å². The van der Waals surface area contributed by atoms with Gasteiger partial charge in [-0.2, -0.15) is 4.91 Å². The third-order valence-corrected chi connectivity index (χ3v) is 1.96. The van der Waals surface area contributed by atoms with E-state index < -0.39 is 0 Å². The summed E-state index contributed by atoms with van der Waals surface area (Å²) in [5.74, 6) is 0. The Morgan fingerprint density at radius 3 is 2.91 bits per heavy atom. The Balaban J connectivity index is 2.03. The molecular formula is C7H14N2O2. The van der Waals surface area contributed by atoms with E-state index in [1.54, 1.807) is 0 Å². The second kappa shape index (κ2) is 4.41. The number of rotatable bonds is 4. The summed E-state index contributed by atoms with van der Waals surface area (Å²) in [5.41, 5.74) is 5.66. The lowest BCUT2D eigenvalue weighted by Crippen LogP contribution is -2.18. The largest absolute Gasteiger partial charge is 0.376 e. The van der Waals surface area contributed by atoms with Crippen molar-refractivity contribution in [2.24, 2.45) is 10.9 Å². The summed E-state index contributed by atoms with van der Waals surface area (Å²) in [4.78, 5) is 9.69. The standard InChI is InChI=1S/C7H14N2O2/c8-6-1-2-7(5-6)11-4-3-9-10/h6-7H,1-5,8H2. The molecule has 2 unspecified atom stereocenters. The average Bonchev–Trinajstić information content (AvgIpc) is 2.37. The number of hydrogen-bond acceptors (Lipinski definition) is 4. The van der Waals surface area contributed by atoms with E-state index in [-0.39, 0.29) is 12.6 Å². The fourth-order valence-corrected chi connectivity index (χ4v) is 1.38. The normalized spacial score (nSPS) is 30.6. The second-order valence-corrected chi connectivity index (χ2v) is 2.92. The number of nitrogens with two attached hydrogens (primary N) is 1. The summed E-state index contributed by atoms with van der Waals surface area (Å²) in [6.45, 7) is 0.701. The number of nitroso groups, excluding NO2 is 1. The van der Waals surface area contributed by atoms with Crippen molar-refractivity contribution < 1.29 is 4.74 Å². The van der Waals surface area contributed by atoms with E-state index in [1.807, 2.05) is 0 Å². The number of hydrogen-bond donors (Lipinski definition) is 1. The molecule has 1 fully saturated rings. The molecule has 1 rings (SSSR count). The van der Waals surface area contributed by atoms with Gasteiger partial charge >= 0.3 is 0 Å². The van der Waals surface area contributed by atoms with E-state index in [1.165, 1.54) is 0 Å². The predicted octanol–water partition coefficient (Wildman–Crippen LogP) is 0.649. The van der Waals surface area contributed by atoms with Gasteiger partial charge in [0, 0.05) is 6.04 Å². The van der Waals surface area contributed by atoms with Crippen LogP contribution in [0.3, 0.4) is 0 Å². The lowest BCUT2D eigenvalue weighted by Gasteiger charge is -2.08. The van der Waals surface area contributed by atoms with Crippen molar-refractivity contribution in [3.05, 3.63) is 4.91 Å². The molecule has 0 aromatic rings. The van der Waals surface area contributed by atoms with Gasteiger partial charge in [-0.05, 0) is 19.3 Å². The molecule has 0 spiro atoms. The van der Waals surface area contributed by atoms with Crippen molar-refractivity contribution >= 4 is 0 Å². The Labute approximate surface area is 66.1 Å². The summed E-state index contributed by atoms with van der Waals surface area (Å²) in [6, 6.07) is 0.296. The van der Waals surface area contributed by atoms with E-state index in [9.17, 15) is 4.91 Å². The van der Waals surface area contributed by atoms with Crippen LogP contribution in [0.15, 0.2) is 5.18 Å². The van der Waals surface area contributed by atoms with E-state index in [0.717, 1.165) is 19.3 Å². The highest BCUT2D eigenvalue weighted by Crippen LogP contribution is 2.19. The summed E-state index contributed by atoms with van der Waals surface area (Å²) in [6.07, 6.45) is 3.27. The van der Waals surface area contributed by atoms with Gasteiger partial charge in [0.2, 0.25) is 0 Å². The lowest BCUT2D eigenvalue weighted by molar-refractivity contribution is 0.0633. The van der Waals surface area contributed by atoms with Crippen molar-refractivity contribution in [2.75, 3.05) is 13.2 Å². The molecule has 0 bridgehead atoms. The molecule has 1 aliphatic rings. The van der Waals surface area contributed by atoms with Crippen LogP contribution in [0.4, 0.5) is 0 Å². The molecule has 0 amide bonds. The van der Waals surface area contributed by atoms with Gasteiger partial charge < -0.3 is 10.5 Å². The fourth-order valence-electron chi connectivity index (χ4n) is 1.38. The molecule has 2 N–H and O–H groups in total. The van der Waals surface area contributed by atoms with Crippen LogP contribution < -0.4 is 5.73 Å². The molecule has 64 valence electrons. The molecule has 1 saturated carbocycles. The summed E-state index contributed by atoms with van der Waals surface area (Å²) < 4.78 is 5.34. The van der Waals surface area contributed by atoms with Crippen LogP contribution in [-0.4, -0.2) is 25.3 Å². The van der Waals surface area contributed by atoms with Crippen LogP contribution in [0.5, 0.6) is 0 Å². The van der Waals surface area contributed by atoms with E-state index in [0.29, 0.717) is 12.6 Å². The monoisotopic (exact) mass is 158 g/mol. The maximum atomic E-state index is 9.69. The van der Waals surface area contributed by atoms with Gasteiger partial charge in [0.15, 0.2) is 0 Å². The Hall–Kier alpha value is -0.480. The summed E-state index contributed by atoms with van der Waals surface area (Å²) in [5, 5.41) is 2.71. The van der Waals surface area contributed by atoms with Gasteiger partial charge in [-0.25, -0.2) is 0 Å². The lowest BCUT2D eigenvalue weighted by atomic mass is 10.3. The fraction of sp³-hybridized carbons (Fsp3) is 1.00. The minimum Gasteiger partial charge on any atom is -0.376 e. The Bertz CT molecular complexity index is 130. The Morgan fingerprint density at radius 2 is 2.36 bits per heavy atom. The van der Waals surface area contributed by atoms with Gasteiger partial charge in [-0.1, -0.05) is 5.18 Å². The van der Waals surface area contributed by atoms with Crippen LogP contribution in [-0.2, 0) is 4.74 Å². The zero-order valence-electron chi connectivity index (χ0n) is 6.53. The molecule has 1 aliphatic carbocycles. The van der Waals surface area contributed by atoms with E-state index >= 15 is 0 Å². The Morgan fingerprint density at radius 1 is 1.55 bits per heavy atom. The van der Waals surface area contributed by atoms with Gasteiger partial charge in [0.1, 0.15) is 6.54 Å². The van der Waals surface area contributed by atoms with Crippen molar-refractivity contribution in [2.45, 2.75) is 31.4 Å². The van der Waals surface area contributed by atoms with Crippen LogP contribution in [0.2, 0.25) is 0 Å². The maximum Gasteiger partial charge on any atom is 0.104 e. The minimum absolute atomic E-state index is 0.256. The first kappa shape index (κ1) is 8.62. The second-order valence-electron chi connectivity index (χ2n) is 2.92. The maximum absolute atomic E-state index is 9.69. The summed E-state index contributed by atoms with van der Waals surface area (Å²) in [7, 11) is 0.